The van der Waals surface area contributed by atoms with E-state index in [-0.39, 0.29) is 35.4 Å². The van der Waals surface area contributed by atoms with Crippen LogP contribution in [-0.2, 0) is 9.59 Å². The van der Waals surface area contributed by atoms with Crippen molar-refractivity contribution in [3.8, 4) is 0 Å². The summed E-state index contributed by atoms with van der Waals surface area (Å²) in [5.41, 5.74) is 3.05. The number of nitrogens with zero attached hydrogens (tertiary/aromatic N) is 4. The molecule has 248 valence electrons. The number of likely N-dealkylation sites (N-methyl/N-ethyl adjacent to an activating group) is 2. The molecule has 12 heteroatoms. The molecule has 6 amide bonds. The van der Waals surface area contributed by atoms with Gasteiger partial charge in [0.15, 0.2) is 0 Å². The monoisotopic (exact) mass is 650 g/mol. The summed E-state index contributed by atoms with van der Waals surface area (Å²) in [6, 6.07) is 17.6. The molecule has 2 aliphatic rings. The Hall–Kier alpha value is -5.46. The second-order valence-corrected chi connectivity index (χ2v) is 12.3. The maximum Gasteiger partial charge on any atom is 0.261 e. The van der Waals surface area contributed by atoms with E-state index < -0.39 is 0 Å². The van der Waals surface area contributed by atoms with Crippen LogP contribution >= 0.6 is 0 Å². The molecule has 2 N–H and O–H groups in total. The van der Waals surface area contributed by atoms with E-state index in [9.17, 15) is 28.8 Å². The van der Waals surface area contributed by atoms with Crippen LogP contribution in [0.25, 0.3) is 21.5 Å². The van der Waals surface area contributed by atoms with Gasteiger partial charge in [0, 0.05) is 73.3 Å². The number of benzene rings is 4. The van der Waals surface area contributed by atoms with Gasteiger partial charge in [-0.3, -0.25) is 38.6 Å². The molecule has 0 spiro atoms. The van der Waals surface area contributed by atoms with Gasteiger partial charge < -0.3 is 20.4 Å². The molecule has 0 radical (unpaired) electrons. The fourth-order valence-corrected chi connectivity index (χ4v) is 5.87. The van der Waals surface area contributed by atoms with E-state index in [1.54, 1.807) is 48.5 Å². The molecule has 48 heavy (non-hydrogen) atoms. The Balaban J connectivity index is 0.000000188. The Morgan fingerprint density at radius 1 is 0.562 bits per heavy atom. The van der Waals surface area contributed by atoms with Gasteiger partial charge in [0.2, 0.25) is 11.8 Å². The fraction of sp³-hybridized carbons (Fsp3) is 0.278. The Labute approximate surface area is 278 Å². The van der Waals surface area contributed by atoms with E-state index in [4.69, 9.17) is 0 Å². The standard InChI is InChI=1S/2C18H19N3O3/c2*1-11(22)19-13-9-12-5-4-6-14-16(12)15(10-13)18(24)21(17(14)23)8-7-20(2)3/h2*4-6,9-10H,7-8H2,1-3H3,(H,19,22). The molecular weight excluding hydrogens is 612 g/mol. The molecule has 0 saturated carbocycles. The first-order chi connectivity index (χ1) is 22.8. The number of hydrogen-bond acceptors (Lipinski definition) is 8. The average molecular weight is 651 g/mol. The zero-order chi connectivity index (χ0) is 34.9. The molecule has 0 fully saturated rings. The Bertz CT molecular complexity index is 1860. The second kappa shape index (κ2) is 13.7. The van der Waals surface area contributed by atoms with Gasteiger partial charge >= 0.3 is 0 Å². The second-order valence-electron chi connectivity index (χ2n) is 12.3. The van der Waals surface area contributed by atoms with Crippen LogP contribution in [0.1, 0.15) is 55.3 Å². The number of carbonyl (C=O) groups excluding carboxylic acids is 6. The predicted octanol–water partition coefficient (Wildman–Crippen LogP) is 3.91. The molecule has 4 aromatic carbocycles. The number of hydrogen-bond donors (Lipinski definition) is 2. The van der Waals surface area contributed by atoms with Gasteiger partial charge in [0.05, 0.1) is 11.1 Å². The van der Waals surface area contributed by atoms with Crippen molar-refractivity contribution >= 4 is 68.4 Å². The molecule has 2 heterocycles. The largest absolute Gasteiger partial charge is 0.326 e. The topological polar surface area (TPSA) is 139 Å². The number of amides is 6. The molecule has 0 aromatic heterocycles. The molecule has 0 aliphatic carbocycles. The third-order valence-electron chi connectivity index (χ3n) is 8.04. The quantitative estimate of drug-likeness (QED) is 0.274. The molecule has 6 rings (SSSR count). The molecule has 12 nitrogen and oxygen atoms in total. The molecular formula is C36H38N6O6. The van der Waals surface area contributed by atoms with E-state index in [0.717, 1.165) is 10.8 Å². The average Bonchev–Trinajstić information content (AvgIpc) is 3.01. The predicted molar refractivity (Wildman–Crippen MR) is 184 cm³/mol. The number of nitrogens with one attached hydrogen (secondary N) is 2. The van der Waals surface area contributed by atoms with E-state index >= 15 is 0 Å². The third kappa shape index (κ3) is 6.80. The Kier molecular flexibility index (Phi) is 9.69. The molecule has 0 unspecified atom stereocenters. The van der Waals surface area contributed by atoms with Crippen molar-refractivity contribution in [3.63, 3.8) is 0 Å². The molecule has 0 atom stereocenters. The van der Waals surface area contributed by atoms with E-state index in [1.807, 2.05) is 50.1 Å². The van der Waals surface area contributed by atoms with Crippen LogP contribution in [-0.4, -0.2) is 109 Å². The highest BCUT2D eigenvalue weighted by atomic mass is 16.2. The molecule has 2 aliphatic heterocycles. The first-order valence-corrected chi connectivity index (χ1v) is 15.5. The van der Waals surface area contributed by atoms with Gasteiger partial charge in [-0.1, -0.05) is 24.3 Å². The van der Waals surface area contributed by atoms with Gasteiger partial charge in [-0.25, -0.2) is 0 Å². The van der Waals surface area contributed by atoms with Crippen LogP contribution in [0.3, 0.4) is 0 Å². The maximum atomic E-state index is 12.8. The minimum atomic E-state index is -0.322. The summed E-state index contributed by atoms with van der Waals surface area (Å²) in [6.45, 7) is 4.67. The van der Waals surface area contributed by atoms with Crippen molar-refractivity contribution in [2.45, 2.75) is 13.8 Å². The van der Waals surface area contributed by atoms with Gasteiger partial charge in [0.1, 0.15) is 0 Å². The van der Waals surface area contributed by atoms with Crippen molar-refractivity contribution in [3.05, 3.63) is 82.9 Å². The van der Waals surface area contributed by atoms with E-state index in [0.29, 0.717) is 70.6 Å². The highest BCUT2D eigenvalue weighted by Gasteiger charge is 2.34. The number of imide groups is 2. The van der Waals surface area contributed by atoms with Crippen LogP contribution in [0.4, 0.5) is 11.4 Å². The highest BCUT2D eigenvalue weighted by Crippen LogP contribution is 2.34. The summed E-state index contributed by atoms with van der Waals surface area (Å²) in [5, 5.41) is 8.26. The van der Waals surface area contributed by atoms with Crippen LogP contribution in [0.2, 0.25) is 0 Å². The summed E-state index contributed by atoms with van der Waals surface area (Å²) in [5.74, 6) is -1.60. The van der Waals surface area contributed by atoms with Crippen molar-refractivity contribution < 1.29 is 28.8 Å². The first-order valence-electron chi connectivity index (χ1n) is 15.5. The molecule has 0 bridgehead atoms. The minimum Gasteiger partial charge on any atom is -0.326 e. The van der Waals surface area contributed by atoms with Crippen molar-refractivity contribution in [1.82, 2.24) is 19.6 Å². The smallest absolute Gasteiger partial charge is 0.261 e. The van der Waals surface area contributed by atoms with E-state index in [2.05, 4.69) is 10.6 Å². The summed E-state index contributed by atoms with van der Waals surface area (Å²) in [4.78, 5) is 80.2. The summed E-state index contributed by atoms with van der Waals surface area (Å²) >= 11 is 0. The third-order valence-corrected chi connectivity index (χ3v) is 8.04. The van der Waals surface area contributed by atoms with Crippen LogP contribution in [0.5, 0.6) is 0 Å². The normalized spacial score (nSPS) is 13.8. The number of anilines is 2. The zero-order valence-electron chi connectivity index (χ0n) is 27.8. The van der Waals surface area contributed by atoms with Gasteiger partial charge in [-0.2, -0.15) is 0 Å². The lowest BCUT2D eigenvalue weighted by Gasteiger charge is -2.28. The highest BCUT2D eigenvalue weighted by molar-refractivity contribution is 6.27. The summed E-state index contributed by atoms with van der Waals surface area (Å²) in [6.07, 6.45) is 0. The first kappa shape index (κ1) is 33.9. The zero-order valence-corrected chi connectivity index (χ0v) is 27.8. The lowest BCUT2D eigenvalue weighted by Crippen LogP contribution is -2.43. The van der Waals surface area contributed by atoms with Crippen molar-refractivity contribution in [1.29, 1.82) is 0 Å². The van der Waals surface area contributed by atoms with Crippen LogP contribution in [0, 0.1) is 0 Å². The SMILES string of the molecule is CC(=O)Nc1cc2c3c(cccc3c1)C(=O)N(CCN(C)C)C2=O.CC(=O)Nc1cc2c3c(cccc3c1)C(=O)N(CCN(C)C)C2=O. The lowest BCUT2D eigenvalue weighted by atomic mass is 9.93. The molecule has 4 aromatic rings. The number of carbonyl (C=O) groups is 6. The maximum absolute atomic E-state index is 12.8. The van der Waals surface area contributed by atoms with Gasteiger partial charge in [-0.05, 0) is 75.4 Å². The Morgan fingerprint density at radius 3 is 1.25 bits per heavy atom. The van der Waals surface area contributed by atoms with Crippen molar-refractivity contribution in [2.24, 2.45) is 0 Å². The van der Waals surface area contributed by atoms with Gasteiger partial charge in [0.25, 0.3) is 23.6 Å². The minimum absolute atomic E-state index is 0.207. The van der Waals surface area contributed by atoms with Crippen LogP contribution < -0.4 is 10.6 Å². The van der Waals surface area contributed by atoms with Crippen molar-refractivity contribution in [2.75, 3.05) is 65.0 Å². The fourth-order valence-electron chi connectivity index (χ4n) is 5.87. The molecule has 0 saturated heterocycles. The van der Waals surface area contributed by atoms with Crippen LogP contribution in [0.15, 0.2) is 60.7 Å². The number of rotatable bonds is 8. The summed E-state index contributed by atoms with van der Waals surface area (Å²) < 4.78 is 0. The lowest BCUT2D eigenvalue weighted by molar-refractivity contribution is -0.115. The van der Waals surface area contributed by atoms with Gasteiger partial charge in [-0.15, -0.1) is 0 Å². The Morgan fingerprint density at radius 2 is 0.917 bits per heavy atom. The van der Waals surface area contributed by atoms with E-state index in [1.165, 1.54) is 23.6 Å². The summed E-state index contributed by atoms with van der Waals surface area (Å²) in [7, 11) is 7.57.